The highest BCUT2D eigenvalue weighted by molar-refractivity contribution is 7.14. The summed E-state index contributed by atoms with van der Waals surface area (Å²) < 4.78 is 4.69. The van der Waals surface area contributed by atoms with E-state index in [2.05, 4.69) is 4.74 Å². The van der Waals surface area contributed by atoms with Gasteiger partial charge in [0.1, 0.15) is 6.42 Å². The van der Waals surface area contributed by atoms with E-state index < -0.39 is 5.97 Å². The van der Waals surface area contributed by atoms with E-state index in [1.165, 1.54) is 11.3 Å². The van der Waals surface area contributed by atoms with E-state index in [0.717, 1.165) is 4.88 Å². The van der Waals surface area contributed by atoms with Crippen molar-refractivity contribution in [1.29, 1.82) is 0 Å². The Morgan fingerprint density at radius 2 is 1.94 bits per heavy atom. The van der Waals surface area contributed by atoms with Crippen molar-refractivity contribution in [3.8, 4) is 0 Å². The smallest absolute Gasteiger partial charge is 0.313 e. The van der Waals surface area contributed by atoms with E-state index in [0.29, 0.717) is 11.5 Å². The SMILES string of the molecule is CC.CCOC(=O)CC(=O)c1ccc(C)s1. The molecule has 0 radical (unpaired) electrons. The lowest BCUT2D eigenvalue weighted by Crippen LogP contribution is -2.10. The molecule has 0 N–H and O–H groups in total. The molecule has 0 aromatic carbocycles. The lowest BCUT2D eigenvalue weighted by molar-refractivity contribution is -0.141. The molecule has 0 bridgehead atoms. The monoisotopic (exact) mass is 242 g/mol. The molecule has 90 valence electrons. The van der Waals surface area contributed by atoms with Gasteiger partial charge in [-0.05, 0) is 26.0 Å². The van der Waals surface area contributed by atoms with Crippen LogP contribution in [0.2, 0.25) is 0 Å². The molecule has 0 saturated heterocycles. The number of ether oxygens (including phenoxy) is 1. The molecule has 0 aliphatic carbocycles. The molecule has 0 fully saturated rings. The van der Waals surface area contributed by atoms with Crippen LogP contribution < -0.4 is 0 Å². The molecule has 1 aromatic rings. The van der Waals surface area contributed by atoms with Crippen molar-refractivity contribution in [3.63, 3.8) is 0 Å². The average Bonchev–Trinajstić information content (AvgIpc) is 2.68. The second-order valence-electron chi connectivity index (χ2n) is 2.82. The number of hydrogen-bond donors (Lipinski definition) is 0. The molecule has 0 amide bonds. The van der Waals surface area contributed by atoms with Gasteiger partial charge < -0.3 is 4.74 Å². The van der Waals surface area contributed by atoms with E-state index in [1.807, 2.05) is 26.8 Å². The number of carbonyl (C=O) groups excluding carboxylic acids is 2. The van der Waals surface area contributed by atoms with Crippen LogP contribution in [0.1, 0.15) is 41.7 Å². The number of ketones is 1. The van der Waals surface area contributed by atoms with Gasteiger partial charge in [-0.1, -0.05) is 13.8 Å². The molecule has 0 unspecified atom stereocenters. The molecule has 0 aliphatic rings. The molecule has 4 heteroatoms. The number of rotatable bonds is 4. The molecule has 0 saturated carbocycles. The van der Waals surface area contributed by atoms with Crippen molar-refractivity contribution in [2.75, 3.05) is 6.61 Å². The lowest BCUT2D eigenvalue weighted by Gasteiger charge is -1.98. The zero-order valence-corrected chi connectivity index (χ0v) is 11.0. The van der Waals surface area contributed by atoms with Crippen molar-refractivity contribution < 1.29 is 14.3 Å². The number of hydrogen-bond acceptors (Lipinski definition) is 4. The second-order valence-corrected chi connectivity index (χ2v) is 4.10. The molecule has 3 nitrogen and oxygen atoms in total. The van der Waals surface area contributed by atoms with E-state index in [9.17, 15) is 9.59 Å². The summed E-state index contributed by atoms with van der Waals surface area (Å²) in [6.07, 6.45) is -0.159. The Hall–Kier alpha value is -1.16. The van der Waals surface area contributed by atoms with E-state index in [1.54, 1.807) is 13.0 Å². The van der Waals surface area contributed by atoms with Crippen LogP contribution in [0, 0.1) is 6.92 Å². The Bertz CT molecular complexity index is 342. The van der Waals surface area contributed by atoms with Gasteiger partial charge in [0.15, 0.2) is 5.78 Å². The predicted molar refractivity (Wildman–Crippen MR) is 66.0 cm³/mol. The fourth-order valence-electron chi connectivity index (χ4n) is 1.01. The van der Waals surface area contributed by atoms with Crippen LogP contribution >= 0.6 is 11.3 Å². The predicted octanol–water partition coefficient (Wildman–Crippen LogP) is 3.22. The highest BCUT2D eigenvalue weighted by Gasteiger charge is 2.13. The first kappa shape index (κ1) is 14.8. The number of carbonyl (C=O) groups is 2. The molecule has 0 aliphatic heterocycles. The maximum Gasteiger partial charge on any atom is 0.313 e. The van der Waals surface area contributed by atoms with E-state index >= 15 is 0 Å². The van der Waals surface area contributed by atoms with Crippen molar-refractivity contribution >= 4 is 23.1 Å². The van der Waals surface area contributed by atoms with Gasteiger partial charge >= 0.3 is 5.97 Å². The maximum absolute atomic E-state index is 11.5. The Labute approximate surface area is 100 Å². The van der Waals surface area contributed by atoms with Gasteiger partial charge in [0.05, 0.1) is 11.5 Å². The molecule has 1 aromatic heterocycles. The van der Waals surface area contributed by atoms with Gasteiger partial charge in [0, 0.05) is 4.88 Å². The summed E-state index contributed by atoms with van der Waals surface area (Å²) in [6, 6.07) is 3.60. The van der Waals surface area contributed by atoms with E-state index in [-0.39, 0.29) is 12.2 Å². The van der Waals surface area contributed by atoms with Crippen LogP contribution in [0.5, 0.6) is 0 Å². The number of Topliss-reactive ketones (excluding diaryl/α,β-unsaturated/α-hetero) is 1. The van der Waals surface area contributed by atoms with E-state index in [4.69, 9.17) is 0 Å². The van der Waals surface area contributed by atoms with Gasteiger partial charge in [0.2, 0.25) is 0 Å². The summed E-state index contributed by atoms with van der Waals surface area (Å²) in [4.78, 5) is 24.1. The highest BCUT2D eigenvalue weighted by Crippen LogP contribution is 2.16. The van der Waals surface area contributed by atoms with Crippen LogP contribution in [0.15, 0.2) is 12.1 Å². The summed E-state index contributed by atoms with van der Waals surface area (Å²) in [5, 5.41) is 0. The Morgan fingerprint density at radius 3 is 2.38 bits per heavy atom. The van der Waals surface area contributed by atoms with Crippen molar-refractivity contribution in [2.45, 2.75) is 34.1 Å². The van der Waals surface area contributed by atoms with Crippen LogP contribution in [-0.4, -0.2) is 18.4 Å². The Kier molecular flexibility index (Phi) is 7.46. The highest BCUT2D eigenvalue weighted by atomic mass is 32.1. The minimum atomic E-state index is -0.455. The Balaban J connectivity index is 0.00000106. The first-order chi connectivity index (χ1) is 7.63. The quantitative estimate of drug-likeness (QED) is 0.462. The fraction of sp³-hybridized carbons (Fsp3) is 0.500. The molecule has 1 rings (SSSR count). The summed E-state index contributed by atoms with van der Waals surface area (Å²) in [5.41, 5.74) is 0. The standard InChI is InChI=1S/C10H12O3S.C2H6/c1-3-13-10(12)6-8(11)9-5-4-7(2)14-9;1-2/h4-5H,3,6H2,1-2H3;1-2H3. The first-order valence-electron chi connectivity index (χ1n) is 5.38. The Morgan fingerprint density at radius 1 is 1.31 bits per heavy atom. The van der Waals surface area contributed by atoms with Crippen LogP contribution in [-0.2, 0) is 9.53 Å². The van der Waals surface area contributed by atoms with Crippen LogP contribution in [0.25, 0.3) is 0 Å². The van der Waals surface area contributed by atoms with Crippen molar-refractivity contribution in [3.05, 3.63) is 21.9 Å². The fourth-order valence-corrected chi connectivity index (χ4v) is 1.82. The summed E-state index contributed by atoms with van der Waals surface area (Å²) in [7, 11) is 0. The molecular weight excluding hydrogens is 224 g/mol. The minimum absolute atomic E-state index is 0.159. The maximum atomic E-state index is 11.5. The topological polar surface area (TPSA) is 43.4 Å². The number of aryl methyl sites for hydroxylation is 1. The van der Waals surface area contributed by atoms with Gasteiger partial charge in [-0.3, -0.25) is 9.59 Å². The van der Waals surface area contributed by atoms with Crippen molar-refractivity contribution in [1.82, 2.24) is 0 Å². The van der Waals surface area contributed by atoms with Gasteiger partial charge in [-0.15, -0.1) is 11.3 Å². The molecular formula is C12H18O3S. The van der Waals surface area contributed by atoms with Crippen LogP contribution in [0.3, 0.4) is 0 Å². The molecule has 0 spiro atoms. The van der Waals surface area contributed by atoms with Gasteiger partial charge in [0.25, 0.3) is 0 Å². The molecule has 1 heterocycles. The molecule has 0 atom stereocenters. The minimum Gasteiger partial charge on any atom is -0.466 e. The zero-order valence-electron chi connectivity index (χ0n) is 10.2. The molecule has 16 heavy (non-hydrogen) atoms. The summed E-state index contributed by atoms with van der Waals surface area (Å²) in [6.45, 7) is 7.96. The largest absolute Gasteiger partial charge is 0.466 e. The number of esters is 1. The van der Waals surface area contributed by atoms with Gasteiger partial charge in [-0.25, -0.2) is 0 Å². The summed E-state index contributed by atoms with van der Waals surface area (Å²) in [5.74, 6) is -0.620. The second kappa shape index (κ2) is 8.05. The van der Waals surface area contributed by atoms with Crippen molar-refractivity contribution in [2.24, 2.45) is 0 Å². The lowest BCUT2D eigenvalue weighted by atomic mass is 10.2. The van der Waals surface area contributed by atoms with Gasteiger partial charge in [-0.2, -0.15) is 0 Å². The third-order valence-electron chi connectivity index (χ3n) is 1.63. The third kappa shape index (κ3) is 5.07. The summed E-state index contributed by atoms with van der Waals surface area (Å²) >= 11 is 1.40. The third-order valence-corrected chi connectivity index (χ3v) is 2.67. The average molecular weight is 242 g/mol. The van der Waals surface area contributed by atoms with Crippen LogP contribution in [0.4, 0.5) is 0 Å². The normalized spacial score (nSPS) is 9.00. The first-order valence-corrected chi connectivity index (χ1v) is 6.20. The number of thiophene rings is 1. The zero-order chi connectivity index (χ0) is 12.6.